The molecule has 0 radical (unpaired) electrons. The highest BCUT2D eigenvalue weighted by molar-refractivity contribution is 5.86. The summed E-state index contributed by atoms with van der Waals surface area (Å²) < 4.78 is 5.62. The third-order valence-electron chi connectivity index (χ3n) is 3.90. The summed E-state index contributed by atoms with van der Waals surface area (Å²) >= 11 is 0. The maximum Gasteiger partial charge on any atom is 0.254 e. The van der Waals surface area contributed by atoms with Gasteiger partial charge in [0.1, 0.15) is 0 Å². The minimum absolute atomic E-state index is 0.0313. The standard InChI is InChI=1S/C16H22N2O3/c1-12-6-4-5-7-14(12)10-17-15(20)16(3)11-18(13(2)19)8-9-21-16/h4-7H,8-11H2,1-3H3,(H,17,20). The molecule has 21 heavy (non-hydrogen) atoms. The van der Waals surface area contributed by atoms with E-state index in [0.717, 1.165) is 11.1 Å². The van der Waals surface area contributed by atoms with Crippen molar-refractivity contribution in [2.45, 2.75) is 32.9 Å². The van der Waals surface area contributed by atoms with Gasteiger partial charge in [-0.15, -0.1) is 0 Å². The molecule has 0 spiro atoms. The molecule has 114 valence electrons. The fraction of sp³-hybridized carbons (Fsp3) is 0.500. The first-order valence-corrected chi connectivity index (χ1v) is 7.15. The Kier molecular flexibility index (Phi) is 4.63. The topological polar surface area (TPSA) is 58.6 Å². The molecule has 1 atom stereocenters. The molecule has 1 aromatic rings. The van der Waals surface area contributed by atoms with Crippen LogP contribution in [0.5, 0.6) is 0 Å². The molecule has 1 saturated heterocycles. The van der Waals surface area contributed by atoms with Gasteiger partial charge in [0, 0.05) is 20.0 Å². The molecule has 1 fully saturated rings. The van der Waals surface area contributed by atoms with Crippen molar-refractivity contribution in [3.8, 4) is 0 Å². The Morgan fingerprint density at radius 3 is 2.76 bits per heavy atom. The lowest BCUT2D eigenvalue weighted by Crippen LogP contribution is -2.58. The van der Waals surface area contributed by atoms with E-state index in [4.69, 9.17) is 4.74 Å². The van der Waals surface area contributed by atoms with Crippen LogP contribution in [0, 0.1) is 6.92 Å². The summed E-state index contributed by atoms with van der Waals surface area (Å²) in [6.07, 6.45) is 0. The number of amides is 2. The van der Waals surface area contributed by atoms with E-state index >= 15 is 0 Å². The summed E-state index contributed by atoms with van der Waals surface area (Å²) in [6.45, 7) is 6.93. The zero-order valence-electron chi connectivity index (χ0n) is 12.8. The van der Waals surface area contributed by atoms with E-state index in [0.29, 0.717) is 26.2 Å². The van der Waals surface area contributed by atoms with E-state index in [9.17, 15) is 9.59 Å². The van der Waals surface area contributed by atoms with Crippen LogP contribution < -0.4 is 5.32 Å². The zero-order valence-corrected chi connectivity index (χ0v) is 12.8. The Bertz CT molecular complexity index is 544. The van der Waals surface area contributed by atoms with E-state index in [1.807, 2.05) is 31.2 Å². The van der Waals surface area contributed by atoms with Gasteiger partial charge in [0.2, 0.25) is 5.91 Å². The second-order valence-corrected chi connectivity index (χ2v) is 5.63. The van der Waals surface area contributed by atoms with Crippen LogP contribution in [0.1, 0.15) is 25.0 Å². The number of ether oxygens (including phenoxy) is 1. The van der Waals surface area contributed by atoms with Crippen molar-refractivity contribution in [3.63, 3.8) is 0 Å². The van der Waals surface area contributed by atoms with Gasteiger partial charge in [-0.05, 0) is 25.0 Å². The minimum Gasteiger partial charge on any atom is -0.362 e. The molecule has 1 aromatic carbocycles. The molecule has 1 aliphatic rings. The van der Waals surface area contributed by atoms with Gasteiger partial charge >= 0.3 is 0 Å². The van der Waals surface area contributed by atoms with E-state index in [-0.39, 0.29) is 11.8 Å². The Hall–Kier alpha value is -1.88. The Balaban J connectivity index is 1.99. The van der Waals surface area contributed by atoms with Crippen molar-refractivity contribution in [2.75, 3.05) is 19.7 Å². The number of nitrogens with zero attached hydrogens (tertiary/aromatic N) is 1. The number of benzene rings is 1. The average Bonchev–Trinajstić information content (AvgIpc) is 2.46. The van der Waals surface area contributed by atoms with Gasteiger partial charge in [-0.3, -0.25) is 9.59 Å². The zero-order chi connectivity index (χ0) is 15.5. The van der Waals surface area contributed by atoms with Crippen LogP contribution in [0.3, 0.4) is 0 Å². The van der Waals surface area contributed by atoms with Crippen LogP contribution in [0.2, 0.25) is 0 Å². The lowest BCUT2D eigenvalue weighted by atomic mass is 10.0. The van der Waals surface area contributed by atoms with Crippen LogP contribution in [-0.4, -0.2) is 42.0 Å². The van der Waals surface area contributed by atoms with Crippen LogP contribution >= 0.6 is 0 Å². The van der Waals surface area contributed by atoms with Gasteiger partial charge < -0.3 is 15.0 Å². The SMILES string of the molecule is CC(=O)N1CCOC(C)(C(=O)NCc2ccccc2C)C1. The van der Waals surface area contributed by atoms with Crippen LogP contribution in [0.15, 0.2) is 24.3 Å². The number of hydrogen-bond donors (Lipinski definition) is 1. The van der Waals surface area contributed by atoms with Crippen LogP contribution in [0.25, 0.3) is 0 Å². The maximum absolute atomic E-state index is 12.4. The van der Waals surface area contributed by atoms with Crippen LogP contribution in [0.4, 0.5) is 0 Å². The van der Waals surface area contributed by atoms with Gasteiger partial charge in [-0.25, -0.2) is 0 Å². The predicted octanol–water partition coefficient (Wildman–Crippen LogP) is 1.25. The molecular formula is C16H22N2O3. The first kappa shape index (κ1) is 15.5. The second kappa shape index (κ2) is 6.26. The molecule has 0 saturated carbocycles. The van der Waals surface area contributed by atoms with Crippen molar-refractivity contribution in [1.82, 2.24) is 10.2 Å². The highest BCUT2D eigenvalue weighted by Crippen LogP contribution is 2.18. The minimum atomic E-state index is -0.980. The highest BCUT2D eigenvalue weighted by Gasteiger charge is 2.39. The molecule has 2 amide bonds. The number of nitrogens with one attached hydrogen (secondary N) is 1. The van der Waals surface area contributed by atoms with E-state index in [2.05, 4.69) is 5.32 Å². The van der Waals surface area contributed by atoms with Crippen molar-refractivity contribution in [2.24, 2.45) is 0 Å². The lowest BCUT2D eigenvalue weighted by molar-refractivity contribution is -0.162. The monoisotopic (exact) mass is 290 g/mol. The van der Waals surface area contributed by atoms with Gasteiger partial charge in [0.15, 0.2) is 5.60 Å². The summed E-state index contributed by atoms with van der Waals surface area (Å²) in [5, 5.41) is 2.91. The summed E-state index contributed by atoms with van der Waals surface area (Å²) in [6, 6.07) is 7.92. The van der Waals surface area contributed by atoms with Crippen molar-refractivity contribution in [3.05, 3.63) is 35.4 Å². The van der Waals surface area contributed by atoms with Gasteiger partial charge in [-0.1, -0.05) is 24.3 Å². The van der Waals surface area contributed by atoms with E-state index in [1.54, 1.807) is 11.8 Å². The predicted molar refractivity (Wildman–Crippen MR) is 79.6 cm³/mol. The lowest BCUT2D eigenvalue weighted by Gasteiger charge is -2.38. The third kappa shape index (κ3) is 3.61. The molecule has 1 unspecified atom stereocenters. The van der Waals surface area contributed by atoms with Gasteiger partial charge in [0.05, 0.1) is 13.2 Å². The molecular weight excluding hydrogens is 268 g/mol. The van der Waals surface area contributed by atoms with E-state index in [1.165, 1.54) is 6.92 Å². The third-order valence-corrected chi connectivity index (χ3v) is 3.90. The number of morpholine rings is 1. The quantitative estimate of drug-likeness (QED) is 0.911. The summed E-state index contributed by atoms with van der Waals surface area (Å²) in [4.78, 5) is 25.5. The molecule has 1 heterocycles. The highest BCUT2D eigenvalue weighted by atomic mass is 16.5. The van der Waals surface area contributed by atoms with Crippen molar-refractivity contribution < 1.29 is 14.3 Å². The molecule has 0 bridgehead atoms. The largest absolute Gasteiger partial charge is 0.362 e. The molecule has 0 aromatic heterocycles. The molecule has 1 N–H and O–H groups in total. The fourth-order valence-electron chi connectivity index (χ4n) is 2.45. The number of rotatable bonds is 3. The van der Waals surface area contributed by atoms with Gasteiger partial charge in [0.25, 0.3) is 5.91 Å². The average molecular weight is 290 g/mol. The van der Waals surface area contributed by atoms with Crippen LogP contribution in [-0.2, 0) is 20.9 Å². The smallest absolute Gasteiger partial charge is 0.254 e. The molecule has 5 nitrogen and oxygen atoms in total. The number of aryl methyl sites for hydroxylation is 1. The Morgan fingerprint density at radius 2 is 2.10 bits per heavy atom. The molecule has 5 heteroatoms. The summed E-state index contributed by atoms with van der Waals surface area (Å²) in [7, 11) is 0. The number of carbonyl (C=O) groups is 2. The summed E-state index contributed by atoms with van der Waals surface area (Å²) in [5.41, 5.74) is 1.23. The first-order chi connectivity index (χ1) is 9.92. The Labute approximate surface area is 125 Å². The van der Waals surface area contributed by atoms with Crippen molar-refractivity contribution in [1.29, 1.82) is 0 Å². The normalized spacial score (nSPS) is 22.0. The number of carbonyl (C=O) groups excluding carboxylic acids is 2. The molecule has 0 aliphatic carbocycles. The van der Waals surface area contributed by atoms with E-state index < -0.39 is 5.60 Å². The van der Waals surface area contributed by atoms with Crippen molar-refractivity contribution >= 4 is 11.8 Å². The summed E-state index contributed by atoms with van der Waals surface area (Å²) in [5.74, 6) is -0.215. The second-order valence-electron chi connectivity index (χ2n) is 5.63. The maximum atomic E-state index is 12.4. The molecule has 1 aliphatic heterocycles. The number of hydrogen-bond acceptors (Lipinski definition) is 3. The molecule has 2 rings (SSSR count). The Morgan fingerprint density at radius 1 is 1.38 bits per heavy atom. The first-order valence-electron chi connectivity index (χ1n) is 7.15. The van der Waals surface area contributed by atoms with Gasteiger partial charge in [-0.2, -0.15) is 0 Å². The fourth-order valence-corrected chi connectivity index (χ4v) is 2.45.